The number of nitrogens with one attached hydrogen (secondary N) is 1. The number of aryl methyl sites for hydroxylation is 1. The van der Waals surface area contributed by atoms with Gasteiger partial charge in [-0.05, 0) is 110 Å². The highest BCUT2D eigenvalue weighted by Crippen LogP contribution is 2.51. The fourth-order valence-electron chi connectivity index (χ4n) is 11.8. The van der Waals surface area contributed by atoms with E-state index in [1.807, 2.05) is 38.2 Å². The molecule has 0 bridgehead atoms. The molecule has 0 saturated carbocycles. The van der Waals surface area contributed by atoms with Crippen molar-refractivity contribution in [3.8, 4) is 0 Å². The summed E-state index contributed by atoms with van der Waals surface area (Å²) in [7, 11) is -1.49. The molecule has 30 nitrogen and oxygen atoms in total. The molecule has 2 aliphatic heterocycles. The number of rotatable bonds is 76. The van der Waals surface area contributed by atoms with Gasteiger partial charge < -0.3 is 105 Å². The number of ether oxygens (including phenoxy) is 18. The fraction of sp³-hybridized carbons (Fsp3) is 0.714. The Morgan fingerprint density at radius 3 is 1.16 bits per heavy atom. The van der Waals surface area contributed by atoms with Crippen LogP contribution in [0.1, 0.15) is 96.8 Å². The van der Waals surface area contributed by atoms with Gasteiger partial charge in [-0.1, -0.05) is 29.9 Å². The molecular formula is C84H146N3O27S+. The third kappa shape index (κ3) is 50.7. The lowest BCUT2D eigenvalue weighted by Gasteiger charge is -2.29. The van der Waals surface area contributed by atoms with E-state index in [2.05, 4.69) is 94.7 Å². The Morgan fingerprint density at radius 1 is 0.461 bits per heavy atom. The number of aliphatic carboxylic acids is 1. The van der Waals surface area contributed by atoms with Crippen LogP contribution in [0.5, 0.6) is 0 Å². The lowest BCUT2D eigenvalue weighted by molar-refractivity contribution is -0.894. The number of anilines is 1. The second-order valence-electron chi connectivity index (χ2n) is 26.0. The number of hydrogen-bond acceptors (Lipinski definition) is 27. The average Bonchev–Trinajstić information content (AvgIpc) is 1.59. The van der Waals surface area contributed by atoms with Gasteiger partial charge in [0.05, 0.1) is 268 Å². The number of carboxylic acid groups (broad SMARTS) is 1. The Labute approximate surface area is 688 Å². The largest absolute Gasteiger partial charge is 0.744 e. The Morgan fingerprint density at radius 2 is 0.817 bits per heavy atom. The first-order valence-corrected chi connectivity index (χ1v) is 42.0. The van der Waals surface area contributed by atoms with Gasteiger partial charge in [0.25, 0.3) is 0 Å². The predicted molar refractivity (Wildman–Crippen MR) is 441 cm³/mol. The minimum absolute atomic E-state index is 0.114. The van der Waals surface area contributed by atoms with Gasteiger partial charge in [-0.25, -0.2) is 28.0 Å². The summed E-state index contributed by atoms with van der Waals surface area (Å²) in [6.07, 6.45) is 13.2. The summed E-state index contributed by atoms with van der Waals surface area (Å²) in [6.45, 7) is 48.5. The van der Waals surface area contributed by atoms with Crippen molar-refractivity contribution in [1.82, 2.24) is 0 Å². The van der Waals surface area contributed by atoms with Crippen molar-refractivity contribution in [2.75, 3.05) is 303 Å². The number of allylic oxidation sites excluding steroid dienone is 6. The molecular weight excluding hydrogens is 1510 g/mol. The maximum Gasteiger partial charge on any atom is 0.303 e. The SMILES string of the molecule is C=C.C=C.CCN1C(=CC=CC=CC2=[N+](CCCCCC(=O)O)c3ccc(C)cc3C2(C)CCOOCCOCCOCCOCCOCCOCCOCCOCCOCCOC)C(C)(CCOOCCOCCOCCOCCOCCOCCOCCOCCOCCOC)c2cc(S(=O)(=O)[O-])ccc21.CC[NH+](CC)CC. The third-order valence-corrected chi connectivity index (χ3v) is 18.8. The van der Waals surface area contributed by atoms with Crippen molar-refractivity contribution in [2.45, 2.75) is 103 Å². The van der Waals surface area contributed by atoms with Crippen LogP contribution in [0.25, 0.3) is 0 Å². The third-order valence-electron chi connectivity index (χ3n) is 17.9. The highest BCUT2D eigenvalue weighted by molar-refractivity contribution is 7.85. The van der Waals surface area contributed by atoms with Gasteiger partial charge >= 0.3 is 5.97 Å². The number of carboxylic acids is 1. The summed E-state index contributed by atoms with van der Waals surface area (Å²) >= 11 is 0. The van der Waals surface area contributed by atoms with Crippen LogP contribution in [0.2, 0.25) is 0 Å². The molecule has 2 aromatic rings. The normalized spacial score (nSPS) is 15.6. The number of carbonyl (C=O) groups is 1. The minimum Gasteiger partial charge on any atom is -0.744 e. The molecule has 2 atom stereocenters. The van der Waals surface area contributed by atoms with Crippen molar-refractivity contribution in [3.05, 3.63) is 115 Å². The number of likely N-dealkylation sites (N-methyl/N-ethyl adjacent to an activating group) is 1. The number of hydrogen-bond donors (Lipinski definition) is 2. The van der Waals surface area contributed by atoms with Gasteiger partial charge in [0.1, 0.15) is 29.9 Å². The van der Waals surface area contributed by atoms with E-state index in [0.29, 0.717) is 256 Å². The molecule has 2 aliphatic rings. The molecule has 0 fully saturated rings. The first-order chi connectivity index (χ1) is 56.2. The van der Waals surface area contributed by atoms with E-state index < -0.39 is 26.9 Å². The Balaban J connectivity index is 0.00000564. The Hall–Kier alpha value is -4.93. The van der Waals surface area contributed by atoms with E-state index in [1.54, 1.807) is 25.2 Å². The molecule has 4 rings (SSSR count). The summed E-state index contributed by atoms with van der Waals surface area (Å²) in [5.41, 5.74) is 5.46. The van der Waals surface area contributed by atoms with E-state index in [1.165, 1.54) is 31.8 Å². The van der Waals surface area contributed by atoms with Crippen LogP contribution in [-0.2, 0) is 131 Å². The molecule has 2 aromatic carbocycles. The van der Waals surface area contributed by atoms with E-state index in [0.717, 1.165) is 46.8 Å². The standard InChI is InChI=1S/C74H122N2O27S.C6H15N.2C2H4/c1-7-75-68-20-18-65(104(79,80)81)63-67(68)74(4,22-25-101-103-61-59-99-57-55-97-53-51-95-49-47-93-45-43-91-41-39-89-37-35-87-33-31-85-29-27-83-6)70(75)14-10-8-11-15-71-73(3,66-62-64(2)17-19-69(66)76(71)23-13-9-12-16-72(77)78)21-24-100-102-60-58-98-56-54-96-52-50-94-48-46-92-44-42-90-40-38-88-36-34-86-32-30-84-28-26-82-5;1-4-7(5-2)6-3;2*1-2/h8,10-11,14-15,17-20,62-63H,7,9,12-13,16,21-61H2,1-6H3,(H-,77,78,79,80,81);4-6H2,1-3H3;2*1-2H2/p+1. The second-order valence-corrected chi connectivity index (χ2v) is 27.4. The van der Waals surface area contributed by atoms with E-state index in [-0.39, 0.29) is 44.4 Å². The van der Waals surface area contributed by atoms with Gasteiger partial charge in [0, 0.05) is 68.1 Å². The zero-order valence-corrected chi connectivity index (χ0v) is 72.0. The quantitative estimate of drug-likeness (QED) is 0.0119. The molecule has 115 heavy (non-hydrogen) atoms. The summed E-state index contributed by atoms with van der Waals surface area (Å²) in [5, 5.41) is 9.35. The molecule has 2 unspecified atom stereocenters. The monoisotopic (exact) mass is 1660 g/mol. The summed E-state index contributed by atoms with van der Waals surface area (Å²) < 4.78 is 138. The topological polar surface area (TPSA) is 308 Å². The van der Waals surface area contributed by atoms with Gasteiger partial charge in [-0.15, -0.1) is 26.3 Å². The molecule has 0 radical (unpaired) electrons. The van der Waals surface area contributed by atoms with Crippen molar-refractivity contribution < 1.29 is 137 Å². The van der Waals surface area contributed by atoms with Crippen molar-refractivity contribution in [2.24, 2.45) is 0 Å². The number of fused-ring (bicyclic) bond motifs is 2. The molecule has 0 spiro atoms. The van der Waals surface area contributed by atoms with Crippen LogP contribution in [0, 0.1) is 6.92 Å². The molecule has 664 valence electrons. The molecule has 2 heterocycles. The van der Waals surface area contributed by atoms with Crippen molar-refractivity contribution >= 4 is 33.2 Å². The average molecular weight is 1660 g/mol. The zero-order chi connectivity index (χ0) is 84.4. The molecule has 0 saturated heterocycles. The highest BCUT2D eigenvalue weighted by atomic mass is 32.2. The second kappa shape index (κ2) is 74.1. The predicted octanol–water partition coefficient (Wildman–Crippen LogP) is 8.46. The first kappa shape index (κ1) is 108. The van der Waals surface area contributed by atoms with E-state index in [4.69, 9.17) is 105 Å². The van der Waals surface area contributed by atoms with Crippen LogP contribution in [0.3, 0.4) is 0 Å². The zero-order valence-electron chi connectivity index (χ0n) is 71.2. The van der Waals surface area contributed by atoms with E-state index in [9.17, 15) is 22.9 Å². The molecule has 0 amide bonds. The number of methoxy groups -OCH3 is 2. The van der Waals surface area contributed by atoms with Crippen LogP contribution < -0.4 is 9.80 Å². The molecule has 0 aromatic heterocycles. The number of benzene rings is 2. The number of quaternary nitrogens is 1. The molecule has 0 aliphatic carbocycles. The minimum atomic E-state index is -4.76. The lowest BCUT2D eigenvalue weighted by Crippen LogP contribution is -3.11. The van der Waals surface area contributed by atoms with Gasteiger partial charge in [0.15, 0.2) is 5.71 Å². The molecule has 31 heteroatoms. The van der Waals surface area contributed by atoms with Crippen molar-refractivity contribution in [1.29, 1.82) is 0 Å². The van der Waals surface area contributed by atoms with Gasteiger partial charge in [-0.2, -0.15) is 4.58 Å². The lowest BCUT2D eigenvalue weighted by atomic mass is 9.76. The van der Waals surface area contributed by atoms with Crippen LogP contribution in [0.4, 0.5) is 11.4 Å². The van der Waals surface area contributed by atoms with Crippen LogP contribution in [0.15, 0.2) is 104 Å². The summed E-state index contributed by atoms with van der Waals surface area (Å²) in [5.74, 6) is -0.809. The molecule has 2 N–H and O–H groups in total. The van der Waals surface area contributed by atoms with Gasteiger partial charge in [0.2, 0.25) is 5.69 Å². The van der Waals surface area contributed by atoms with Crippen LogP contribution >= 0.6 is 0 Å². The Kier molecular flexibility index (Phi) is 69.7. The first-order valence-electron chi connectivity index (χ1n) is 40.6. The summed E-state index contributed by atoms with van der Waals surface area (Å²) in [6, 6.07) is 11.0. The smallest absolute Gasteiger partial charge is 0.303 e. The maximum atomic E-state index is 12.4. The number of nitrogens with zero attached hydrogens (tertiary/aromatic N) is 2. The summed E-state index contributed by atoms with van der Waals surface area (Å²) in [4.78, 5) is 37.5. The highest BCUT2D eigenvalue weighted by Gasteiger charge is 2.48. The van der Waals surface area contributed by atoms with Crippen LogP contribution in [-0.4, -0.2) is 332 Å². The van der Waals surface area contributed by atoms with Gasteiger partial charge in [-0.3, -0.25) is 4.79 Å². The van der Waals surface area contributed by atoms with Crippen molar-refractivity contribution in [3.63, 3.8) is 0 Å². The number of unbranched alkanes of at least 4 members (excludes halogenated alkanes) is 2. The maximum absolute atomic E-state index is 12.4. The van der Waals surface area contributed by atoms with E-state index >= 15 is 0 Å². The Bertz CT molecular complexity index is 2900. The fourth-order valence-corrected chi connectivity index (χ4v) is 12.3.